The number of carbonyl (C=O) groups is 1. The molecule has 0 aliphatic carbocycles. The summed E-state index contributed by atoms with van der Waals surface area (Å²) in [6, 6.07) is 7.33. The quantitative estimate of drug-likeness (QED) is 0.373. The number of rotatable bonds is 4. The van der Waals surface area contributed by atoms with Crippen molar-refractivity contribution in [3.8, 4) is 5.75 Å². The Balaban J connectivity index is 2.18. The van der Waals surface area contributed by atoms with E-state index in [1.165, 1.54) is 23.5 Å². The summed E-state index contributed by atoms with van der Waals surface area (Å²) < 4.78 is 5.26. The molecule has 0 N–H and O–H groups in total. The Morgan fingerprint density at radius 3 is 2.65 bits per heavy atom. The molecule has 0 fully saturated rings. The third-order valence-corrected chi connectivity index (χ3v) is 3.48. The van der Waals surface area contributed by atoms with Crippen molar-refractivity contribution in [3.63, 3.8) is 0 Å². The first-order valence-electron chi connectivity index (χ1n) is 6.01. The fraction of sp³-hybridized carbons (Fsp3) is 0.214. The number of aryl methyl sites for hydroxylation is 1. The molecule has 6 heteroatoms. The van der Waals surface area contributed by atoms with Gasteiger partial charge >= 0.3 is 5.97 Å². The summed E-state index contributed by atoms with van der Waals surface area (Å²) in [5.74, 6) is -0.121. The van der Waals surface area contributed by atoms with E-state index in [4.69, 9.17) is 16.3 Å². The molecule has 0 unspecified atom stereocenters. The van der Waals surface area contributed by atoms with Crippen molar-refractivity contribution in [1.82, 2.24) is 9.97 Å². The van der Waals surface area contributed by atoms with E-state index in [-0.39, 0.29) is 10.7 Å². The Kier molecular flexibility index (Phi) is 4.98. The summed E-state index contributed by atoms with van der Waals surface area (Å²) >= 11 is 7.26. The molecule has 4 nitrogen and oxygen atoms in total. The van der Waals surface area contributed by atoms with Gasteiger partial charge in [-0.1, -0.05) is 42.4 Å². The van der Waals surface area contributed by atoms with Crippen molar-refractivity contribution < 1.29 is 9.53 Å². The number of ether oxygens (including phenoxy) is 1. The van der Waals surface area contributed by atoms with Gasteiger partial charge in [0.05, 0.1) is 11.2 Å². The van der Waals surface area contributed by atoms with Crippen molar-refractivity contribution in [2.24, 2.45) is 0 Å². The minimum absolute atomic E-state index is 0.0746. The lowest BCUT2D eigenvalue weighted by atomic mass is 10.2. The van der Waals surface area contributed by atoms with Crippen LogP contribution < -0.4 is 4.74 Å². The molecule has 0 saturated heterocycles. The molecule has 2 rings (SSSR count). The maximum absolute atomic E-state index is 12.1. The van der Waals surface area contributed by atoms with E-state index < -0.39 is 5.97 Å². The van der Waals surface area contributed by atoms with E-state index in [1.54, 1.807) is 12.1 Å². The Morgan fingerprint density at radius 2 is 2.05 bits per heavy atom. The lowest BCUT2D eigenvalue weighted by Crippen LogP contribution is -2.12. The van der Waals surface area contributed by atoms with Crippen LogP contribution in [0.1, 0.15) is 23.0 Å². The molecule has 20 heavy (non-hydrogen) atoms. The van der Waals surface area contributed by atoms with Crippen LogP contribution in [-0.2, 0) is 6.42 Å². The molecular weight excluding hydrogens is 296 g/mol. The van der Waals surface area contributed by atoms with Crippen molar-refractivity contribution in [3.05, 3.63) is 46.7 Å². The molecule has 104 valence electrons. The topological polar surface area (TPSA) is 52.1 Å². The Bertz CT molecular complexity index is 617. The van der Waals surface area contributed by atoms with Crippen LogP contribution in [0.2, 0.25) is 5.02 Å². The first-order chi connectivity index (χ1) is 9.63. The van der Waals surface area contributed by atoms with E-state index in [0.29, 0.717) is 10.9 Å². The smallest absolute Gasteiger partial charge is 0.364 e. The number of thioether (sulfide) groups is 1. The molecule has 0 saturated carbocycles. The Morgan fingerprint density at radius 1 is 1.35 bits per heavy atom. The number of hydrogen-bond acceptors (Lipinski definition) is 5. The lowest BCUT2D eigenvalue weighted by Gasteiger charge is -2.06. The first-order valence-corrected chi connectivity index (χ1v) is 7.62. The molecule has 0 atom stereocenters. The minimum Gasteiger partial charge on any atom is -0.422 e. The Hall–Kier alpha value is -1.59. The third kappa shape index (κ3) is 3.49. The zero-order valence-corrected chi connectivity index (χ0v) is 12.7. The second-order valence-corrected chi connectivity index (χ2v) is 5.12. The number of esters is 1. The van der Waals surface area contributed by atoms with Crippen molar-refractivity contribution in [1.29, 1.82) is 0 Å². The summed E-state index contributed by atoms with van der Waals surface area (Å²) in [5, 5.41) is 0.653. The van der Waals surface area contributed by atoms with Crippen molar-refractivity contribution in [2.45, 2.75) is 18.5 Å². The fourth-order valence-corrected chi connectivity index (χ4v) is 2.05. The number of carbonyl (C=O) groups excluding carboxylic acids is 1. The maximum atomic E-state index is 12.1. The standard InChI is InChI=1S/C14H13ClN2O2S/c1-3-9-4-6-10(7-5-9)19-13(18)12-11(15)8-16-14(17-12)20-2/h4-8H,3H2,1-2H3. The monoisotopic (exact) mass is 308 g/mol. The maximum Gasteiger partial charge on any atom is 0.364 e. The van der Waals surface area contributed by atoms with Crippen LogP contribution in [0.25, 0.3) is 0 Å². The van der Waals surface area contributed by atoms with Crippen LogP contribution in [0.3, 0.4) is 0 Å². The van der Waals surface area contributed by atoms with Gasteiger partial charge in [-0.25, -0.2) is 14.8 Å². The highest BCUT2D eigenvalue weighted by atomic mass is 35.5. The largest absolute Gasteiger partial charge is 0.422 e. The van der Waals surface area contributed by atoms with Crippen LogP contribution in [0.15, 0.2) is 35.6 Å². The molecular formula is C14H13ClN2O2S. The summed E-state index contributed by atoms with van der Waals surface area (Å²) in [5.41, 5.74) is 1.25. The zero-order valence-electron chi connectivity index (χ0n) is 11.1. The van der Waals surface area contributed by atoms with Gasteiger partial charge in [-0.3, -0.25) is 0 Å². The van der Waals surface area contributed by atoms with E-state index in [9.17, 15) is 4.79 Å². The molecule has 0 aliphatic rings. The van der Waals surface area contributed by atoms with Gasteiger partial charge in [0.15, 0.2) is 10.9 Å². The minimum atomic E-state index is -0.586. The second-order valence-electron chi connectivity index (χ2n) is 3.94. The average Bonchev–Trinajstić information content (AvgIpc) is 2.48. The van der Waals surface area contributed by atoms with Gasteiger partial charge in [-0.15, -0.1) is 0 Å². The lowest BCUT2D eigenvalue weighted by molar-refractivity contribution is 0.0727. The molecule has 1 aromatic heterocycles. The SMILES string of the molecule is CCc1ccc(OC(=O)c2nc(SC)ncc2Cl)cc1. The van der Waals surface area contributed by atoms with Crippen LogP contribution in [0.4, 0.5) is 0 Å². The average molecular weight is 309 g/mol. The van der Waals surface area contributed by atoms with Gasteiger partial charge in [0.2, 0.25) is 0 Å². The van der Waals surface area contributed by atoms with Crippen LogP contribution in [-0.4, -0.2) is 22.2 Å². The highest BCUT2D eigenvalue weighted by molar-refractivity contribution is 7.98. The molecule has 0 bridgehead atoms. The number of halogens is 1. The summed E-state index contributed by atoms with van der Waals surface area (Å²) in [6.07, 6.45) is 4.15. The van der Waals surface area contributed by atoms with Gasteiger partial charge < -0.3 is 4.74 Å². The molecule has 2 aromatic rings. The van der Waals surface area contributed by atoms with Gasteiger partial charge in [0.25, 0.3) is 0 Å². The predicted molar refractivity (Wildman–Crippen MR) is 79.6 cm³/mol. The van der Waals surface area contributed by atoms with E-state index in [0.717, 1.165) is 6.42 Å². The van der Waals surface area contributed by atoms with Gasteiger partial charge in [0, 0.05) is 0 Å². The van der Waals surface area contributed by atoms with E-state index in [2.05, 4.69) is 16.9 Å². The van der Waals surface area contributed by atoms with Crippen LogP contribution in [0.5, 0.6) is 5.75 Å². The van der Waals surface area contributed by atoms with Crippen LogP contribution >= 0.6 is 23.4 Å². The molecule has 0 spiro atoms. The van der Waals surface area contributed by atoms with Crippen molar-refractivity contribution >= 4 is 29.3 Å². The number of nitrogens with zero attached hydrogens (tertiary/aromatic N) is 2. The molecule has 0 aliphatic heterocycles. The van der Waals surface area contributed by atoms with Gasteiger partial charge in [0.1, 0.15) is 5.75 Å². The number of benzene rings is 1. The van der Waals surface area contributed by atoms with E-state index in [1.807, 2.05) is 18.4 Å². The molecule has 1 aromatic carbocycles. The van der Waals surface area contributed by atoms with Crippen molar-refractivity contribution in [2.75, 3.05) is 6.26 Å². The summed E-state index contributed by atoms with van der Waals surface area (Å²) in [7, 11) is 0. The third-order valence-electron chi connectivity index (χ3n) is 2.64. The Labute approximate surface area is 126 Å². The van der Waals surface area contributed by atoms with Gasteiger partial charge in [-0.05, 0) is 30.4 Å². The van der Waals surface area contributed by atoms with Crippen LogP contribution in [0, 0.1) is 0 Å². The highest BCUT2D eigenvalue weighted by Gasteiger charge is 2.16. The summed E-state index contributed by atoms with van der Waals surface area (Å²) in [4.78, 5) is 20.1. The number of aromatic nitrogens is 2. The zero-order chi connectivity index (χ0) is 14.5. The van der Waals surface area contributed by atoms with E-state index >= 15 is 0 Å². The summed E-state index contributed by atoms with van der Waals surface area (Å²) in [6.45, 7) is 2.06. The van der Waals surface area contributed by atoms with Gasteiger partial charge in [-0.2, -0.15) is 0 Å². The highest BCUT2D eigenvalue weighted by Crippen LogP contribution is 2.19. The normalized spacial score (nSPS) is 10.3. The molecule has 0 amide bonds. The molecule has 1 heterocycles. The molecule has 0 radical (unpaired) electrons. The number of hydrogen-bond donors (Lipinski definition) is 0. The predicted octanol–water partition coefficient (Wildman–Crippen LogP) is 3.63. The second kappa shape index (κ2) is 6.72. The first kappa shape index (κ1) is 14.8. The fourth-order valence-electron chi connectivity index (χ4n) is 1.54.